The zero-order valence-corrected chi connectivity index (χ0v) is 11.8. The molecular weight excluding hydrogens is 270 g/mol. The summed E-state index contributed by atoms with van der Waals surface area (Å²) < 4.78 is 0. The van der Waals surface area contributed by atoms with Crippen LogP contribution in [0.15, 0.2) is 60.9 Å². The van der Waals surface area contributed by atoms with Crippen molar-refractivity contribution in [2.75, 3.05) is 0 Å². The minimum absolute atomic E-state index is 0.657. The summed E-state index contributed by atoms with van der Waals surface area (Å²) in [4.78, 5) is 4.16. The van der Waals surface area contributed by atoms with Crippen LogP contribution < -0.4 is 0 Å². The molecule has 2 aromatic carbocycles. The normalized spacial score (nSPS) is 14.2. The molecule has 0 saturated heterocycles. The third-order valence-electron chi connectivity index (χ3n) is 3.61. The van der Waals surface area contributed by atoms with Crippen LogP contribution in [0.5, 0.6) is 0 Å². The maximum Gasteiger partial charge on any atom is 0.112 e. The van der Waals surface area contributed by atoms with Gasteiger partial charge in [0.15, 0.2) is 0 Å². The van der Waals surface area contributed by atoms with Crippen molar-refractivity contribution in [2.24, 2.45) is 0 Å². The molecule has 20 heavy (non-hydrogen) atoms. The minimum atomic E-state index is -1.09. The van der Waals surface area contributed by atoms with Crippen molar-refractivity contribution in [1.82, 2.24) is 4.98 Å². The lowest BCUT2D eigenvalue weighted by molar-refractivity contribution is 0.104. The number of hydrogen-bond acceptors (Lipinski definition) is 2. The van der Waals surface area contributed by atoms with Crippen LogP contribution in [-0.4, -0.2) is 10.1 Å². The van der Waals surface area contributed by atoms with Crippen molar-refractivity contribution in [3.63, 3.8) is 0 Å². The number of rotatable bonds is 2. The second-order valence-corrected chi connectivity index (χ2v) is 5.42. The Bertz CT molecular complexity index is 745. The highest BCUT2D eigenvalue weighted by atomic mass is 35.5. The number of fused-ring (bicyclic) bond motifs is 1. The molecule has 3 aromatic rings. The van der Waals surface area contributed by atoms with Gasteiger partial charge in [0.05, 0.1) is 0 Å². The molecule has 1 heterocycles. The molecule has 100 valence electrons. The number of pyridine rings is 1. The Morgan fingerprint density at radius 2 is 1.80 bits per heavy atom. The highest BCUT2D eigenvalue weighted by Gasteiger charge is 2.27. The van der Waals surface area contributed by atoms with E-state index in [1.54, 1.807) is 31.5 Å². The zero-order valence-electron chi connectivity index (χ0n) is 11.0. The maximum atomic E-state index is 11.0. The van der Waals surface area contributed by atoms with Gasteiger partial charge in [-0.1, -0.05) is 41.9 Å². The van der Waals surface area contributed by atoms with E-state index in [1.165, 1.54) is 0 Å². The van der Waals surface area contributed by atoms with E-state index in [4.69, 9.17) is 11.6 Å². The first kappa shape index (κ1) is 13.1. The fourth-order valence-corrected chi connectivity index (χ4v) is 2.59. The average molecular weight is 284 g/mol. The second-order valence-electron chi connectivity index (χ2n) is 4.98. The van der Waals surface area contributed by atoms with Crippen molar-refractivity contribution in [3.05, 3.63) is 77.1 Å². The number of nitrogens with zero attached hydrogens (tertiary/aromatic N) is 1. The molecule has 0 fully saturated rings. The first-order valence-electron chi connectivity index (χ1n) is 6.41. The van der Waals surface area contributed by atoms with Crippen molar-refractivity contribution < 1.29 is 5.11 Å². The number of aliphatic hydroxyl groups is 1. The molecule has 1 unspecified atom stereocenters. The van der Waals surface area contributed by atoms with Gasteiger partial charge in [-0.05, 0) is 41.6 Å². The first-order valence-corrected chi connectivity index (χ1v) is 6.78. The zero-order chi connectivity index (χ0) is 14.2. The van der Waals surface area contributed by atoms with Crippen LogP contribution in [-0.2, 0) is 5.60 Å². The van der Waals surface area contributed by atoms with Crippen LogP contribution in [0.25, 0.3) is 10.8 Å². The third-order valence-corrected chi connectivity index (χ3v) is 3.87. The van der Waals surface area contributed by atoms with Crippen LogP contribution in [0.1, 0.15) is 18.1 Å². The van der Waals surface area contributed by atoms with Gasteiger partial charge in [0, 0.05) is 22.8 Å². The maximum absolute atomic E-state index is 11.0. The van der Waals surface area contributed by atoms with Gasteiger partial charge < -0.3 is 5.11 Å². The lowest BCUT2D eigenvalue weighted by Crippen LogP contribution is -2.23. The van der Waals surface area contributed by atoms with E-state index < -0.39 is 5.60 Å². The van der Waals surface area contributed by atoms with E-state index in [9.17, 15) is 5.11 Å². The van der Waals surface area contributed by atoms with Crippen molar-refractivity contribution in [1.29, 1.82) is 0 Å². The summed E-state index contributed by atoms with van der Waals surface area (Å²) in [7, 11) is 0. The monoisotopic (exact) mass is 283 g/mol. The van der Waals surface area contributed by atoms with Gasteiger partial charge in [0.1, 0.15) is 5.60 Å². The number of hydrogen-bond donors (Lipinski definition) is 1. The molecule has 2 nitrogen and oxygen atoms in total. The lowest BCUT2D eigenvalue weighted by Gasteiger charge is -2.26. The SMILES string of the molecule is CC(O)(c1ccc(Cl)cc1)c1cccc2ccncc12. The summed E-state index contributed by atoms with van der Waals surface area (Å²) >= 11 is 5.91. The molecule has 0 aliphatic heterocycles. The summed E-state index contributed by atoms with van der Waals surface area (Å²) in [6, 6.07) is 15.1. The Labute approximate surface area is 122 Å². The third kappa shape index (κ3) is 2.17. The average Bonchev–Trinajstić information content (AvgIpc) is 2.47. The quantitative estimate of drug-likeness (QED) is 0.766. The Morgan fingerprint density at radius 3 is 2.55 bits per heavy atom. The summed E-state index contributed by atoms with van der Waals surface area (Å²) in [6.45, 7) is 1.79. The molecular formula is C17H14ClNO. The molecule has 1 N–H and O–H groups in total. The molecule has 1 atom stereocenters. The number of halogens is 1. The molecule has 0 aliphatic rings. The van der Waals surface area contributed by atoms with E-state index in [0.29, 0.717) is 5.02 Å². The van der Waals surface area contributed by atoms with E-state index in [2.05, 4.69) is 4.98 Å². The Morgan fingerprint density at radius 1 is 1.05 bits per heavy atom. The van der Waals surface area contributed by atoms with Gasteiger partial charge in [0.2, 0.25) is 0 Å². The van der Waals surface area contributed by atoms with Gasteiger partial charge in [-0.2, -0.15) is 0 Å². The topological polar surface area (TPSA) is 33.1 Å². The second kappa shape index (κ2) is 4.89. The fraction of sp³-hybridized carbons (Fsp3) is 0.118. The minimum Gasteiger partial charge on any atom is -0.381 e. The van der Waals surface area contributed by atoms with Gasteiger partial charge in [0.25, 0.3) is 0 Å². The standard InChI is InChI=1S/C17H14ClNO/c1-17(20,13-5-7-14(18)8-6-13)16-4-2-3-12-9-10-19-11-15(12)16/h2-11,20H,1H3. The van der Waals surface area contributed by atoms with E-state index in [-0.39, 0.29) is 0 Å². The lowest BCUT2D eigenvalue weighted by atomic mass is 9.86. The summed E-state index contributed by atoms with van der Waals surface area (Å²) in [5.74, 6) is 0. The van der Waals surface area contributed by atoms with Crippen molar-refractivity contribution >= 4 is 22.4 Å². The van der Waals surface area contributed by atoms with Gasteiger partial charge >= 0.3 is 0 Å². The molecule has 1 aromatic heterocycles. The summed E-state index contributed by atoms with van der Waals surface area (Å²) in [5.41, 5.74) is 0.552. The Balaban J connectivity index is 2.20. The van der Waals surface area contributed by atoms with E-state index in [0.717, 1.165) is 21.9 Å². The smallest absolute Gasteiger partial charge is 0.112 e. The molecule has 0 amide bonds. The van der Waals surface area contributed by atoms with Crippen LogP contribution in [0, 0.1) is 0 Å². The van der Waals surface area contributed by atoms with Gasteiger partial charge in [-0.25, -0.2) is 0 Å². The highest BCUT2D eigenvalue weighted by molar-refractivity contribution is 6.30. The predicted octanol–water partition coefficient (Wildman–Crippen LogP) is 4.14. The molecule has 0 spiro atoms. The molecule has 3 heteroatoms. The van der Waals surface area contributed by atoms with E-state index in [1.807, 2.05) is 36.4 Å². The molecule has 0 radical (unpaired) electrons. The predicted molar refractivity (Wildman–Crippen MR) is 81.9 cm³/mol. The first-order chi connectivity index (χ1) is 9.59. The molecule has 0 aliphatic carbocycles. The van der Waals surface area contributed by atoms with Crippen LogP contribution in [0.3, 0.4) is 0 Å². The Hall–Kier alpha value is -1.90. The highest BCUT2D eigenvalue weighted by Crippen LogP contribution is 2.34. The largest absolute Gasteiger partial charge is 0.381 e. The van der Waals surface area contributed by atoms with Crippen molar-refractivity contribution in [3.8, 4) is 0 Å². The van der Waals surface area contributed by atoms with E-state index >= 15 is 0 Å². The van der Waals surface area contributed by atoms with Gasteiger partial charge in [-0.15, -0.1) is 0 Å². The number of benzene rings is 2. The Kier molecular flexibility index (Phi) is 3.20. The summed E-state index contributed by atoms with van der Waals surface area (Å²) in [6.07, 6.45) is 3.54. The molecule has 0 saturated carbocycles. The van der Waals surface area contributed by atoms with Crippen LogP contribution in [0.4, 0.5) is 0 Å². The summed E-state index contributed by atoms with van der Waals surface area (Å²) in [5, 5.41) is 13.6. The van der Waals surface area contributed by atoms with Crippen LogP contribution >= 0.6 is 11.6 Å². The fourth-order valence-electron chi connectivity index (χ4n) is 2.47. The van der Waals surface area contributed by atoms with Gasteiger partial charge in [-0.3, -0.25) is 4.98 Å². The molecule has 3 rings (SSSR count). The number of aromatic nitrogens is 1. The molecule has 0 bridgehead atoms. The van der Waals surface area contributed by atoms with Crippen molar-refractivity contribution in [2.45, 2.75) is 12.5 Å². The van der Waals surface area contributed by atoms with Crippen LogP contribution in [0.2, 0.25) is 5.02 Å².